The van der Waals surface area contributed by atoms with Gasteiger partial charge in [0.05, 0.1) is 30.7 Å². The van der Waals surface area contributed by atoms with Gasteiger partial charge < -0.3 is 29.0 Å². The van der Waals surface area contributed by atoms with Gasteiger partial charge in [0.2, 0.25) is 0 Å². The van der Waals surface area contributed by atoms with Crippen molar-refractivity contribution in [2.75, 3.05) is 27.3 Å². The SMILES string of the molecule is COc1ccc(COc2ccc(C(=O)N3CCC(C(=O)O)C3)c(Cl)c2OCc2ccc(OC)cc2)cc1. The molecule has 0 aromatic heterocycles. The summed E-state index contributed by atoms with van der Waals surface area (Å²) in [7, 11) is 3.20. The van der Waals surface area contributed by atoms with E-state index in [0.717, 1.165) is 22.6 Å². The van der Waals surface area contributed by atoms with E-state index in [0.29, 0.717) is 18.7 Å². The molecule has 3 aromatic rings. The molecular weight excluding hydrogens is 498 g/mol. The summed E-state index contributed by atoms with van der Waals surface area (Å²) in [5, 5.41) is 9.41. The molecule has 1 amide bonds. The highest BCUT2D eigenvalue weighted by Crippen LogP contribution is 2.40. The van der Waals surface area contributed by atoms with Gasteiger partial charge in [0, 0.05) is 13.1 Å². The van der Waals surface area contributed by atoms with E-state index < -0.39 is 11.9 Å². The summed E-state index contributed by atoms with van der Waals surface area (Å²) in [4.78, 5) is 26.1. The van der Waals surface area contributed by atoms with Crippen LogP contribution in [0.1, 0.15) is 27.9 Å². The molecular formula is C28H28ClNO7. The molecule has 4 rings (SSSR count). The van der Waals surface area contributed by atoms with Crippen molar-refractivity contribution >= 4 is 23.5 Å². The molecule has 1 saturated heterocycles. The molecule has 37 heavy (non-hydrogen) atoms. The van der Waals surface area contributed by atoms with Gasteiger partial charge in [-0.2, -0.15) is 0 Å². The third-order valence-electron chi connectivity index (χ3n) is 6.21. The maximum absolute atomic E-state index is 13.2. The van der Waals surface area contributed by atoms with Crippen LogP contribution in [0, 0.1) is 5.92 Å². The second-order valence-electron chi connectivity index (χ2n) is 8.60. The van der Waals surface area contributed by atoms with E-state index in [9.17, 15) is 14.7 Å². The standard InChI is InChI=1S/C28H28ClNO7/c1-34-21-7-3-18(4-8-21)16-36-24-12-11-23(27(31)30-14-13-20(15-30)28(32)33)25(29)26(24)37-17-19-5-9-22(35-2)10-6-19/h3-12,20H,13-17H2,1-2H3,(H,32,33). The topological polar surface area (TPSA) is 94.5 Å². The van der Waals surface area contributed by atoms with Crippen molar-refractivity contribution in [3.05, 3.63) is 82.4 Å². The normalized spacial score (nSPS) is 14.8. The van der Waals surface area contributed by atoms with Gasteiger partial charge >= 0.3 is 5.97 Å². The van der Waals surface area contributed by atoms with E-state index in [-0.39, 0.29) is 42.0 Å². The average Bonchev–Trinajstić information content (AvgIpc) is 3.42. The summed E-state index contributed by atoms with van der Waals surface area (Å²) in [6.45, 7) is 0.927. The van der Waals surface area contributed by atoms with Gasteiger partial charge in [-0.15, -0.1) is 0 Å². The predicted octanol–water partition coefficient (Wildman–Crippen LogP) is 5.06. The second kappa shape index (κ2) is 11.9. The fourth-order valence-corrected chi connectivity index (χ4v) is 4.32. The van der Waals surface area contributed by atoms with Gasteiger partial charge in [-0.3, -0.25) is 9.59 Å². The number of carbonyl (C=O) groups is 2. The molecule has 1 unspecified atom stereocenters. The highest BCUT2D eigenvalue weighted by Gasteiger charge is 2.33. The minimum atomic E-state index is -0.910. The summed E-state index contributed by atoms with van der Waals surface area (Å²) < 4.78 is 22.5. The third kappa shape index (κ3) is 6.27. The average molecular weight is 526 g/mol. The van der Waals surface area contributed by atoms with Crippen molar-refractivity contribution in [2.45, 2.75) is 19.6 Å². The van der Waals surface area contributed by atoms with E-state index in [1.165, 1.54) is 4.90 Å². The van der Waals surface area contributed by atoms with Crippen LogP contribution in [0.25, 0.3) is 0 Å². The Morgan fingerprint density at radius 2 is 1.46 bits per heavy atom. The van der Waals surface area contributed by atoms with Crippen LogP contribution < -0.4 is 18.9 Å². The van der Waals surface area contributed by atoms with Crippen molar-refractivity contribution in [3.63, 3.8) is 0 Å². The molecule has 0 radical (unpaired) electrons. The number of hydrogen-bond acceptors (Lipinski definition) is 6. The van der Waals surface area contributed by atoms with E-state index in [1.807, 2.05) is 48.5 Å². The van der Waals surface area contributed by atoms with Crippen molar-refractivity contribution in [1.29, 1.82) is 0 Å². The number of carboxylic acid groups (broad SMARTS) is 1. The minimum absolute atomic E-state index is 0.115. The molecule has 1 fully saturated rings. The quantitative estimate of drug-likeness (QED) is 0.395. The van der Waals surface area contributed by atoms with Crippen molar-refractivity contribution in [2.24, 2.45) is 5.92 Å². The molecule has 0 aliphatic carbocycles. The lowest BCUT2D eigenvalue weighted by Gasteiger charge is -2.20. The number of benzene rings is 3. The molecule has 1 aliphatic rings. The molecule has 194 valence electrons. The molecule has 9 heteroatoms. The number of carbonyl (C=O) groups excluding carboxylic acids is 1. The zero-order valence-corrected chi connectivity index (χ0v) is 21.4. The minimum Gasteiger partial charge on any atom is -0.497 e. The largest absolute Gasteiger partial charge is 0.497 e. The first-order valence-corrected chi connectivity index (χ1v) is 12.1. The Morgan fingerprint density at radius 3 is 1.97 bits per heavy atom. The fraction of sp³-hybridized carbons (Fsp3) is 0.286. The van der Waals surface area contributed by atoms with Crippen molar-refractivity contribution < 1.29 is 33.6 Å². The Kier molecular flexibility index (Phi) is 8.40. The van der Waals surface area contributed by atoms with Crippen LogP contribution in [0.4, 0.5) is 0 Å². The number of methoxy groups -OCH3 is 2. The number of carboxylic acids is 1. The summed E-state index contributed by atoms with van der Waals surface area (Å²) in [5.74, 6) is 0.257. The van der Waals surface area contributed by atoms with Gasteiger partial charge in [-0.05, 0) is 53.9 Å². The van der Waals surface area contributed by atoms with Crippen molar-refractivity contribution in [3.8, 4) is 23.0 Å². The van der Waals surface area contributed by atoms with E-state index in [1.54, 1.807) is 26.4 Å². The lowest BCUT2D eigenvalue weighted by molar-refractivity contribution is -0.141. The summed E-state index contributed by atoms with van der Waals surface area (Å²) >= 11 is 6.72. The van der Waals surface area contributed by atoms with E-state index in [4.69, 9.17) is 30.5 Å². The molecule has 1 heterocycles. The molecule has 1 atom stereocenters. The van der Waals surface area contributed by atoms with E-state index in [2.05, 4.69) is 0 Å². The first-order chi connectivity index (χ1) is 17.9. The van der Waals surface area contributed by atoms with Crippen LogP contribution in [-0.4, -0.2) is 49.2 Å². The number of amides is 1. The highest BCUT2D eigenvalue weighted by atomic mass is 35.5. The van der Waals surface area contributed by atoms with Crippen LogP contribution in [0.5, 0.6) is 23.0 Å². The zero-order chi connectivity index (χ0) is 26.4. The monoisotopic (exact) mass is 525 g/mol. The van der Waals surface area contributed by atoms with Gasteiger partial charge in [-0.25, -0.2) is 0 Å². The Hall–Kier alpha value is -3.91. The molecule has 1 aliphatic heterocycles. The Bertz CT molecular complexity index is 1240. The number of ether oxygens (including phenoxy) is 4. The summed E-state index contributed by atoms with van der Waals surface area (Å²) in [6.07, 6.45) is 0.405. The summed E-state index contributed by atoms with van der Waals surface area (Å²) in [5.41, 5.74) is 2.02. The molecule has 0 saturated carbocycles. The smallest absolute Gasteiger partial charge is 0.308 e. The number of aliphatic carboxylic acids is 1. The number of hydrogen-bond donors (Lipinski definition) is 1. The number of halogens is 1. The first-order valence-electron chi connectivity index (χ1n) is 11.8. The third-order valence-corrected chi connectivity index (χ3v) is 6.59. The van der Waals surface area contributed by atoms with Crippen LogP contribution >= 0.6 is 11.6 Å². The Labute approximate surface area is 220 Å². The van der Waals surface area contributed by atoms with Crippen molar-refractivity contribution in [1.82, 2.24) is 4.90 Å². The lowest BCUT2D eigenvalue weighted by atomic mass is 10.1. The molecule has 8 nitrogen and oxygen atoms in total. The van der Waals surface area contributed by atoms with Gasteiger partial charge in [-0.1, -0.05) is 35.9 Å². The predicted molar refractivity (Wildman–Crippen MR) is 138 cm³/mol. The van der Waals surface area contributed by atoms with Crippen LogP contribution in [-0.2, 0) is 18.0 Å². The number of nitrogens with zero attached hydrogens (tertiary/aromatic N) is 1. The lowest BCUT2D eigenvalue weighted by Crippen LogP contribution is -2.30. The van der Waals surface area contributed by atoms with Crippen LogP contribution in [0.15, 0.2) is 60.7 Å². The Balaban J connectivity index is 1.57. The molecule has 0 bridgehead atoms. The van der Waals surface area contributed by atoms with Gasteiger partial charge in [0.15, 0.2) is 11.5 Å². The Morgan fingerprint density at radius 1 is 0.892 bits per heavy atom. The molecule has 1 N–H and O–H groups in total. The van der Waals surface area contributed by atoms with Gasteiger partial charge in [0.25, 0.3) is 5.91 Å². The van der Waals surface area contributed by atoms with Gasteiger partial charge in [0.1, 0.15) is 24.7 Å². The number of rotatable bonds is 10. The fourth-order valence-electron chi connectivity index (χ4n) is 4.03. The maximum atomic E-state index is 13.2. The summed E-state index contributed by atoms with van der Waals surface area (Å²) in [6, 6.07) is 18.1. The maximum Gasteiger partial charge on any atom is 0.308 e. The van der Waals surface area contributed by atoms with E-state index >= 15 is 0 Å². The highest BCUT2D eigenvalue weighted by molar-refractivity contribution is 6.35. The van der Waals surface area contributed by atoms with Crippen LogP contribution in [0.2, 0.25) is 5.02 Å². The molecule has 0 spiro atoms. The zero-order valence-electron chi connectivity index (χ0n) is 20.6. The first kappa shape index (κ1) is 26.2. The molecule has 3 aromatic carbocycles. The number of likely N-dealkylation sites (tertiary alicyclic amines) is 1. The van der Waals surface area contributed by atoms with Crippen LogP contribution in [0.3, 0.4) is 0 Å². The second-order valence-corrected chi connectivity index (χ2v) is 8.98.